The molecule has 0 bridgehead atoms. The molecule has 0 atom stereocenters. The third-order valence-electron chi connectivity index (χ3n) is 10.3. The summed E-state index contributed by atoms with van der Waals surface area (Å²) in [6.07, 6.45) is 1.53. The first-order chi connectivity index (χ1) is 27.7. The maximum atomic E-state index is 12.0. The highest BCUT2D eigenvalue weighted by atomic mass is 16.5. The maximum Gasteiger partial charge on any atom is 0.306 e. The molecular weight excluding hydrogens is 721 g/mol. The van der Waals surface area contributed by atoms with Gasteiger partial charge in [-0.2, -0.15) is 0 Å². The number of esters is 1. The first kappa shape index (κ1) is 43.0. The van der Waals surface area contributed by atoms with E-state index in [1.807, 2.05) is 37.3 Å². The molecule has 0 fully saturated rings. The number of benzene rings is 6. The largest absolute Gasteiger partial charge is 0.508 e. The molecule has 0 saturated heterocycles. The molecule has 0 aliphatic rings. The number of aryl methyl sites for hydroxylation is 4. The number of carboxylic acid groups (broad SMARTS) is 1. The van der Waals surface area contributed by atoms with Crippen molar-refractivity contribution in [3.63, 3.8) is 0 Å². The number of hydrogen-bond donors (Lipinski definition) is 3. The number of ether oxygens (including phenoxy) is 1. The molecule has 58 heavy (non-hydrogen) atoms. The number of carboxylic acids is 1. The molecule has 0 radical (unpaired) electrons. The van der Waals surface area contributed by atoms with Crippen LogP contribution >= 0.6 is 0 Å². The molecule has 300 valence electrons. The van der Waals surface area contributed by atoms with E-state index in [0.29, 0.717) is 25.9 Å². The molecule has 0 aromatic heterocycles. The summed E-state index contributed by atoms with van der Waals surface area (Å²) in [5.74, 6) is 0.113. The summed E-state index contributed by atoms with van der Waals surface area (Å²) >= 11 is 0. The van der Waals surface area contributed by atoms with Gasteiger partial charge in [0.2, 0.25) is 0 Å². The molecule has 0 saturated carbocycles. The van der Waals surface area contributed by atoms with Gasteiger partial charge in [0.1, 0.15) is 11.5 Å². The van der Waals surface area contributed by atoms with Crippen LogP contribution in [0.5, 0.6) is 11.5 Å². The van der Waals surface area contributed by atoms with Crippen LogP contribution in [0.1, 0.15) is 92.7 Å². The molecule has 6 heteroatoms. The Labute approximate surface area is 343 Å². The highest BCUT2D eigenvalue weighted by Gasteiger charge is 2.16. The Morgan fingerprint density at radius 2 is 0.948 bits per heavy atom. The lowest BCUT2D eigenvalue weighted by Gasteiger charge is -2.17. The van der Waals surface area contributed by atoms with Crippen molar-refractivity contribution in [1.29, 1.82) is 0 Å². The number of aromatic hydroxyl groups is 2. The van der Waals surface area contributed by atoms with Crippen molar-refractivity contribution in [2.24, 2.45) is 0 Å². The lowest BCUT2D eigenvalue weighted by molar-refractivity contribution is -0.143. The third kappa shape index (κ3) is 11.3. The monoisotopic (exact) mass is 776 g/mol. The zero-order chi connectivity index (χ0) is 41.9. The Kier molecular flexibility index (Phi) is 14.7. The Bertz CT molecular complexity index is 2370. The Hall–Kier alpha value is -6.14. The Morgan fingerprint density at radius 1 is 0.534 bits per heavy atom. The zero-order valence-corrected chi connectivity index (χ0v) is 34.8. The fourth-order valence-corrected chi connectivity index (χ4v) is 7.42. The van der Waals surface area contributed by atoms with Crippen molar-refractivity contribution in [1.82, 2.24) is 0 Å². The van der Waals surface area contributed by atoms with Crippen LogP contribution in [-0.2, 0) is 27.2 Å². The van der Waals surface area contributed by atoms with E-state index in [4.69, 9.17) is 4.74 Å². The van der Waals surface area contributed by atoms with Gasteiger partial charge in [-0.15, -0.1) is 0 Å². The molecule has 0 unspecified atom stereocenters. The van der Waals surface area contributed by atoms with Gasteiger partial charge in [-0.1, -0.05) is 136 Å². The second-order valence-electron chi connectivity index (χ2n) is 15.5. The first-order valence-corrected chi connectivity index (χ1v) is 20.2. The summed E-state index contributed by atoms with van der Waals surface area (Å²) in [6, 6.07) is 40.4. The van der Waals surface area contributed by atoms with Crippen LogP contribution < -0.4 is 0 Å². The number of carbonyl (C=O) groups excluding carboxylic acids is 1. The second-order valence-corrected chi connectivity index (χ2v) is 15.5. The molecule has 3 N–H and O–H groups in total. The quantitative estimate of drug-likeness (QED) is 0.101. The van der Waals surface area contributed by atoms with E-state index in [1.165, 1.54) is 11.1 Å². The van der Waals surface area contributed by atoms with Crippen LogP contribution in [0.3, 0.4) is 0 Å². The molecule has 6 aromatic rings. The van der Waals surface area contributed by atoms with Gasteiger partial charge in [0, 0.05) is 12.8 Å². The molecule has 0 aliphatic carbocycles. The smallest absolute Gasteiger partial charge is 0.306 e. The summed E-state index contributed by atoms with van der Waals surface area (Å²) in [4.78, 5) is 23.2. The number of rotatable bonds is 13. The number of hydrogen-bond acceptors (Lipinski definition) is 5. The number of phenols is 2. The highest BCUT2D eigenvalue weighted by Crippen LogP contribution is 2.37. The average molecular weight is 777 g/mol. The van der Waals surface area contributed by atoms with E-state index in [2.05, 4.69) is 120 Å². The number of aliphatic carboxylic acids is 1. The molecule has 0 amide bonds. The van der Waals surface area contributed by atoms with Crippen molar-refractivity contribution in [3.8, 4) is 56.0 Å². The molecule has 0 heterocycles. The van der Waals surface area contributed by atoms with Crippen molar-refractivity contribution in [2.45, 2.75) is 86.0 Å². The van der Waals surface area contributed by atoms with Crippen molar-refractivity contribution in [3.05, 3.63) is 155 Å². The van der Waals surface area contributed by atoms with Crippen LogP contribution in [-0.4, -0.2) is 33.9 Å². The fourth-order valence-electron chi connectivity index (χ4n) is 7.42. The van der Waals surface area contributed by atoms with Crippen molar-refractivity contribution < 1.29 is 29.6 Å². The van der Waals surface area contributed by atoms with Crippen molar-refractivity contribution in [2.75, 3.05) is 6.61 Å². The van der Waals surface area contributed by atoms with E-state index in [1.54, 1.807) is 12.1 Å². The second kappa shape index (κ2) is 19.8. The standard InChI is InChI=1S/C27H30O3.C25H26O3/c1-5-30-27(29)14-10-21-16-22(25-13-11-23(28)17-26(25)18(2)3)9-12-24(21)20-8-6-7-19(4)15-20;1-16(2)24-15-21(26)9-11-23(24)20-7-10-22(18-6-4-5-17(3)13-18)19(14-20)8-12-25(27)28/h6-9,11-13,15-18,28H,5,10,14H2,1-4H3;4-7,9-11,13-16,26H,8,12H2,1-3H3,(H,27,28). The van der Waals surface area contributed by atoms with Crippen LogP contribution in [0.25, 0.3) is 44.5 Å². The SMILES string of the molecule is CCOC(=O)CCc1cc(-c2ccc(O)cc2C(C)C)ccc1-c1cccc(C)c1.Cc1cccc(-c2ccc(-c3ccc(O)cc3C(C)C)cc2CCC(=O)O)c1. The van der Waals surface area contributed by atoms with E-state index in [-0.39, 0.29) is 35.7 Å². The van der Waals surface area contributed by atoms with E-state index in [9.17, 15) is 24.9 Å². The summed E-state index contributed by atoms with van der Waals surface area (Å²) in [5, 5.41) is 29.0. The van der Waals surface area contributed by atoms with Gasteiger partial charge in [0.25, 0.3) is 0 Å². The predicted molar refractivity (Wildman–Crippen MR) is 237 cm³/mol. The minimum absolute atomic E-state index is 0.0921. The predicted octanol–water partition coefficient (Wildman–Crippen LogP) is 12.8. The minimum atomic E-state index is -0.798. The fraction of sp³-hybridized carbons (Fsp3) is 0.269. The normalized spacial score (nSPS) is 11.0. The topological polar surface area (TPSA) is 104 Å². The van der Waals surface area contributed by atoms with Crippen LogP contribution in [0, 0.1) is 13.8 Å². The summed E-state index contributed by atoms with van der Waals surface area (Å²) in [6.45, 7) is 14.8. The average Bonchev–Trinajstić information content (AvgIpc) is 3.19. The van der Waals surface area contributed by atoms with E-state index >= 15 is 0 Å². The Balaban J connectivity index is 0.000000221. The van der Waals surface area contributed by atoms with E-state index in [0.717, 1.165) is 66.8 Å². The molecule has 6 nitrogen and oxygen atoms in total. The van der Waals surface area contributed by atoms with Gasteiger partial charge in [0.15, 0.2) is 0 Å². The molecule has 6 aromatic carbocycles. The molecular formula is C52H56O6. The van der Waals surface area contributed by atoms with Crippen LogP contribution in [0.4, 0.5) is 0 Å². The molecule has 0 aliphatic heterocycles. The summed E-state index contributed by atoms with van der Waals surface area (Å²) in [5.41, 5.74) is 15.5. The molecule has 0 spiro atoms. The highest BCUT2D eigenvalue weighted by molar-refractivity contribution is 5.79. The number of carbonyl (C=O) groups is 2. The summed E-state index contributed by atoms with van der Waals surface area (Å²) < 4.78 is 5.14. The van der Waals surface area contributed by atoms with E-state index < -0.39 is 5.97 Å². The third-order valence-corrected chi connectivity index (χ3v) is 10.3. The molecule has 6 rings (SSSR count). The van der Waals surface area contributed by atoms with Gasteiger partial charge in [0.05, 0.1) is 6.61 Å². The van der Waals surface area contributed by atoms with Gasteiger partial charge in [-0.25, -0.2) is 0 Å². The van der Waals surface area contributed by atoms with Gasteiger partial charge in [-0.3, -0.25) is 9.59 Å². The first-order valence-electron chi connectivity index (χ1n) is 20.2. The van der Waals surface area contributed by atoms with Crippen LogP contribution in [0.15, 0.2) is 121 Å². The maximum absolute atomic E-state index is 12.0. The zero-order valence-electron chi connectivity index (χ0n) is 34.8. The lowest BCUT2D eigenvalue weighted by Crippen LogP contribution is -2.06. The van der Waals surface area contributed by atoms with Crippen molar-refractivity contribution >= 4 is 11.9 Å². The minimum Gasteiger partial charge on any atom is -0.508 e. The lowest BCUT2D eigenvalue weighted by atomic mass is 9.88. The van der Waals surface area contributed by atoms with Gasteiger partial charge in [-0.05, 0) is 136 Å². The Morgan fingerprint density at radius 3 is 1.34 bits per heavy atom. The summed E-state index contributed by atoms with van der Waals surface area (Å²) in [7, 11) is 0. The number of phenolic OH excluding ortho intramolecular Hbond substituents is 2. The van der Waals surface area contributed by atoms with Gasteiger partial charge < -0.3 is 20.1 Å². The van der Waals surface area contributed by atoms with Crippen LogP contribution in [0.2, 0.25) is 0 Å². The van der Waals surface area contributed by atoms with Gasteiger partial charge >= 0.3 is 11.9 Å².